The van der Waals surface area contributed by atoms with Crippen LogP contribution < -0.4 is 16.0 Å². The molecular formula is C37H44ClF3N6S. The molecule has 0 amide bonds. The van der Waals surface area contributed by atoms with Gasteiger partial charge in [-0.2, -0.15) is 5.26 Å². The number of aliphatic imine (C=N–C) groups is 1. The maximum absolute atomic E-state index is 16.8. The van der Waals surface area contributed by atoms with E-state index in [9.17, 15) is 14.0 Å². The summed E-state index contributed by atoms with van der Waals surface area (Å²) in [5, 5.41) is 14.1. The van der Waals surface area contributed by atoms with Crippen LogP contribution in [0, 0.1) is 34.8 Å². The van der Waals surface area contributed by atoms with Gasteiger partial charge in [0, 0.05) is 42.8 Å². The molecule has 256 valence electrons. The van der Waals surface area contributed by atoms with Crippen LogP contribution in [0.3, 0.4) is 0 Å². The largest absolute Gasteiger partial charge is 0.389 e. The number of nitrogens with two attached hydrogens (primary N) is 1. The predicted octanol–water partition coefficient (Wildman–Crippen LogP) is 8.81. The average molecular weight is 697 g/mol. The molecule has 4 atom stereocenters. The smallest absolute Gasteiger partial charge is 0.160 e. The number of hydrogen-bond acceptors (Lipinski definition) is 7. The minimum Gasteiger partial charge on any atom is -0.389 e. The maximum Gasteiger partial charge on any atom is 0.160 e. The lowest BCUT2D eigenvalue weighted by atomic mass is 9.83. The molecule has 0 saturated carbocycles. The number of nitriles is 1. The van der Waals surface area contributed by atoms with Crippen molar-refractivity contribution in [1.29, 1.82) is 5.26 Å². The zero-order valence-electron chi connectivity index (χ0n) is 27.7. The van der Waals surface area contributed by atoms with Crippen molar-refractivity contribution in [2.45, 2.75) is 70.5 Å². The van der Waals surface area contributed by atoms with Crippen LogP contribution in [0.4, 0.5) is 29.5 Å². The molecule has 0 bridgehead atoms. The Bertz CT molecular complexity index is 1750. The highest BCUT2D eigenvalue weighted by Crippen LogP contribution is 2.51. The molecule has 4 unspecified atom stereocenters. The SMILES string of the molecule is C=CC(CC)=Nc1c(F)c(-c2ccc(F)c3sc(N)c(C#N)c23)c(Cl)c2c1N(C)CC(C1CCNC1)CCC2.FC1CC2CCCN2C1. The maximum atomic E-state index is 16.8. The van der Waals surface area contributed by atoms with Gasteiger partial charge < -0.3 is 16.0 Å². The van der Waals surface area contributed by atoms with Crippen molar-refractivity contribution in [2.75, 3.05) is 50.4 Å². The molecule has 48 heavy (non-hydrogen) atoms. The van der Waals surface area contributed by atoms with E-state index < -0.39 is 17.8 Å². The van der Waals surface area contributed by atoms with E-state index >= 15 is 4.39 Å². The van der Waals surface area contributed by atoms with E-state index in [0.717, 1.165) is 68.8 Å². The third kappa shape index (κ3) is 6.59. The number of thiophene rings is 1. The van der Waals surface area contributed by atoms with Crippen LogP contribution in [0.2, 0.25) is 5.02 Å². The number of alkyl halides is 1. The molecule has 3 N–H and O–H groups in total. The van der Waals surface area contributed by atoms with Crippen molar-refractivity contribution in [2.24, 2.45) is 16.8 Å². The molecule has 3 saturated heterocycles. The van der Waals surface area contributed by atoms with E-state index in [0.29, 0.717) is 54.2 Å². The van der Waals surface area contributed by atoms with Crippen LogP contribution in [0.1, 0.15) is 63.0 Å². The van der Waals surface area contributed by atoms with Gasteiger partial charge in [-0.3, -0.25) is 4.90 Å². The Morgan fingerprint density at radius 1 is 1.23 bits per heavy atom. The Labute approximate surface area is 290 Å². The fraction of sp³-hybridized carbons (Fsp3) is 0.514. The van der Waals surface area contributed by atoms with Gasteiger partial charge in [-0.25, -0.2) is 18.2 Å². The Morgan fingerprint density at radius 3 is 2.73 bits per heavy atom. The third-order valence-corrected chi connectivity index (χ3v) is 12.0. The van der Waals surface area contributed by atoms with E-state index in [1.807, 2.05) is 14.0 Å². The molecule has 6 nitrogen and oxygen atoms in total. The zero-order chi connectivity index (χ0) is 34.1. The Morgan fingerprint density at radius 2 is 2.04 bits per heavy atom. The normalized spacial score (nSPS) is 24.4. The molecule has 0 aliphatic carbocycles. The highest BCUT2D eigenvalue weighted by molar-refractivity contribution is 7.23. The third-order valence-electron chi connectivity index (χ3n) is 10.6. The summed E-state index contributed by atoms with van der Waals surface area (Å²) in [6.07, 6.45) is 8.79. The van der Waals surface area contributed by atoms with E-state index in [2.05, 4.69) is 27.8 Å². The molecule has 4 aliphatic heterocycles. The van der Waals surface area contributed by atoms with Crippen LogP contribution in [-0.2, 0) is 6.42 Å². The molecule has 0 spiro atoms. The summed E-state index contributed by atoms with van der Waals surface area (Å²) in [5.74, 6) is -0.0502. The highest BCUT2D eigenvalue weighted by atomic mass is 35.5. The van der Waals surface area contributed by atoms with Gasteiger partial charge in [0.1, 0.15) is 28.7 Å². The van der Waals surface area contributed by atoms with E-state index in [4.69, 9.17) is 22.3 Å². The standard InChI is InChI=1S/C30H32ClF2N5S.C7H12FN/c1-4-18(5-2)37-27-26(33)24(19-9-10-22(32)29-23(19)21(13-34)30(35)39-29)25(31)20-8-6-7-17(15-38(3)28(20)27)16-11-12-36-14-16;8-6-4-7-2-1-3-9(7)5-6/h4,9-10,16-17,36H,1,5-8,11-12,14-15,35H2,2-3H3;6-7H,1-5H2. The van der Waals surface area contributed by atoms with Crippen molar-refractivity contribution < 1.29 is 13.2 Å². The van der Waals surface area contributed by atoms with Gasteiger partial charge in [0.15, 0.2) is 5.82 Å². The fourth-order valence-corrected chi connectivity index (χ4v) is 9.50. The number of hydrogen-bond donors (Lipinski definition) is 2. The minimum atomic E-state index is -0.598. The molecule has 3 fully saturated rings. The lowest BCUT2D eigenvalue weighted by Crippen LogP contribution is -2.33. The number of nitrogens with zero attached hydrogens (tertiary/aromatic N) is 4. The topological polar surface area (TPSA) is 80.7 Å². The van der Waals surface area contributed by atoms with Crippen LogP contribution in [-0.4, -0.2) is 62.6 Å². The van der Waals surface area contributed by atoms with E-state index in [-0.39, 0.29) is 36.9 Å². The second-order valence-corrected chi connectivity index (χ2v) is 14.9. The summed E-state index contributed by atoms with van der Waals surface area (Å²) >= 11 is 8.07. The molecular weight excluding hydrogens is 653 g/mol. The molecule has 3 aromatic rings. The highest BCUT2D eigenvalue weighted by Gasteiger charge is 2.35. The second kappa shape index (κ2) is 14.8. The number of nitrogens with one attached hydrogen (secondary N) is 1. The summed E-state index contributed by atoms with van der Waals surface area (Å²) in [6.45, 7) is 10.5. The summed E-state index contributed by atoms with van der Waals surface area (Å²) in [5.41, 5.74) is 9.03. The van der Waals surface area contributed by atoms with Gasteiger partial charge in [0.25, 0.3) is 0 Å². The fourth-order valence-electron chi connectivity index (χ4n) is 8.18. The number of anilines is 2. The average Bonchev–Trinajstić information content (AvgIpc) is 3.86. The van der Waals surface area contributed by atoms with Crippen LogP contribution in [0.5, 0.6) is 0 Å². The van der Waals surface area contributed by atoms with Gasteiger partial charge in [0.05, 0.1) is 21.0 Å². The van der Waals surface area contributed by atoms with Crippen molar-refractivity contribution in [1.82, 2.24) is 10.2 Å². The second-order valence-electron chi connectivity index (χ2n) is 13.5. The van der Waals surface area contributed by atoms with Gasteiger partial charge in [-0.15, -0.1) is 11.3 Å². The molecule has 0 radical (unpaired) electrons. The van der Waals surface area contributed by atoms with E-state index in [1.54, 1.807) is 6.08 Å². The Hall–Kier alpha value is -3.10. The van der Waals surface area contributed by atoms with Gasteiger partial charge in [-0.05, 0) is 106 Å². The zero-order valence-corrected chi connectivity index (χ0v) is 29.3. The molecule has 11 heteroatoms. The molecule has 1 aromatic heterocycles. The van der Waals surface area contributed by atoms with Crippen LogP contribution in [0.25, 0.3) is 21.2 Å². The molecule has 2 aromatic carbocycles. The molecule has 7 rings (SSSR count). The summed E-state index contributed by atoms with van der Waals surface area (Å²) in [6, 6.07) is 5.45. The number of fused-ring (bicyclic) bond motifs is 3. The number of allylic oxidation sites excluding steroid dienone is 1. The number of nitrogen functional groups attached to an aromatic ring is 1. The first-order valence-electron chi connectivity index (χ1n) is 17.1. The molecule has 4 aliphatic rings. The Kier molecular flexibility index (Phi) is 10.7. The number of halogens is 4. The Balaban J connectivity index is 0.000000381. The van der Waals surface area contributed by atoms with Crippen molar-refractivity contribution in [3.8, 4) is 17.2 Å². The van der Waals surface area contributed by atoms with Crippen molar-refractivity contribution in [3.05, 3.63) is 52.6 Å². The van der Waals surface area contributed by atoms with E-state index in [1.165, 1.54) is 25.0 Å². The first kappa shape index (κ1) is 34.8. The lowest BCUT2D eigenvalue weighted by molar-refractivity contribution is 0.292. The summed E-state index contributed by atoms with van der Waals surface area (Å²) in [7, 11) is 1.98. The monoisotopic (exact) mass is 696 g/mol. The lowest BCUT2D eigenvalue weighted by Gasteiger charge is -2.35. The van der Waals surface area contributed by atoms with Crippen molar-refractivity contribution in [3.63, 3.8) is 0 Å². The quantitative estimate of drug-likeness (QED) is 0.261. The number of benzene rings is 2. The first-order valence-corrected chi connectivity index (χ1v) is 18.3. The van der Waals surface area contributed by atoms with Gasteiger partial charge in [0.2, 0.25) is 0 Å². The first-order chi connectivity index (χ1) is 23.2. The van der Waals surface area contributed by atoms with Crippen LogP contribution >= 0.6 is 22.9 Å². The van der Waals surface area contributed by atoms with Gasteiger partial charge >= 0.3 is 0 Å². The summed E-state index contributed by atoms with van der Waals surface area (Å²) in [4.78, 5) is 9.16. The summed E-state index contributed by atoms with van der Waals surface area (Å²) < 4.78 is 44.5. The van der Waals surface area contributed by atoms with Gasteiger partial charge in [-0.1, -0.05) is 31.2 Å². The number of rotatable bonds is 5. The predicted molar refractivity (Wildman–Crippen MR) is 194 cm³/mol. The molecule has 5 heterocycles. The van der Waals surface area contributed by atoms with Crippen molar-refractivity contribution >= 4 is 55.1 Å². The van der Waals surface area contributed by atoms with Crippen LogP contribution in [0.15, 0.2) is 29.8 Å². The minimum absolute atomic E-state index is 0.124.